The van der Waals surface area contributed by atoms with Gasteiger partial charge in [-0.3, -0.25) is 0 Å². The summed E-state index contributed by atoms with van der Waals surface area (Å²) in [7, 11) is 1.67. The molecule has 0 spiro atoms. The number of rotatable bonds is 10. The van der Waals surface area contributed by atoms with E-state index in [1.54, 1.807) is 7.11 Å². The van der Waals surface area contributed by atoms with Crippen molar-refractivity contribution >= 4 is 22.8 Å². The van der Waals surface area contributed by atoms with Crippen LogP contribution in [0.5, 0.6) is 11.5 Å². The number of hydrogen-bond donors (Lipinski definition) is 0. The van der Waals surface area contributed by atoms with E-state index in [-0.39, 0.29) is 0 Å². The van der Waals surface area contributed by atoms with Crippen LogP contribution in [-0.4, -0.2) is 23.3 Å². The number of thioether (sulfide) groups is 1. The van der Waals surface area contributed by atoms with E-state index in [4.69, 9.17) is 14.5 Å². The van der Waals surface area contributed by atoms with Crippen molar-refractivity contribution in [3.8, 4) is 11.5 Å². The lowest BCUT2D eigenvalue weighted by atomic mass is 10.3. The van der Waals surface area contributed by atoms with Gasteiger partial charge in [0.25, 0.3) is 0 Å². The molecular formula is C25H26N2O2S. The number of imidazole rings is 1. The molecule has 0 saturated carbocycles. The Kier molecular flexibility index (Phi) is 6.93. The zero-order valence-electron chi connectivity index (χ0n) is 17.2. The first-order valence-corrected chi connectivity index (χ1v) is 11.2. The monoisotopic (exact) mass is 418 g/mol. The average Bonchev–Trinajstić information content (AvgIpc) is 3.16. The maximum absolute atomic E-state index is 5.92. The summed E-state index contributed by atoms with van der Waals surface area (Å²) in [5.74, 6) is 3.55. The third-order valence-electron chi connectivity index (χ3n) is 4.95. The summed E-state index contributed by atoms with van der Waals surface area (Å²) in [4.78, 5) is 6.16. The molecular weight excluding hydrogens is 392 g/mol. The van der Waals surface area contributed by atoms with E-state index >= 15 is 0 Å². The van der Waals surface area contributed by atoms with Crippen LogP contribution in [0.3, 0.4) is 0 Å². The summed E-state index contributed by atoms with van der Waals surface area (Å²) >= 11 is 1.83. The summed E-state index contributed by atoms with van der Waals surface area (Å²) in [5.41, 5.74) is 2.26. The SMILES string of the molecule is COc1ccccc1OCCCCn1c(CSc2ccccc2)nc2ccccc21. The van der Waals surface area contributed by atoms with E-state index in [2.05, 4.69) is 53.1 Å². The van der Waals surface area contributed by atoms with Crippen LogP contribution in [0.15, 0.2) is 83.8 Å². The number of aromatic nitrogens is 2. The predicted molar refractivity (Wildman–Crippen MR) is 123 cm³/mol. The van der Waals surface area contributed by atoms with Crippen molar-refractivity contribution in [3.63, 3.8) is 0 Å². The van der Waals surface area contributed by atoms with E-state index in [0.29, 0.717) is 6.61 Å². The highest BCUT2D eigenvalue weighted by Gasteiger charge is 2.11. The fraction of sp³-hybridized carbons (Fsp3) is 0.240. The van der Waals surface area contributed by atoms with Crippen LogP contribution in [0.25, 0.3) is 11.0 Å². The number of unbranched alkanes of at least 4 members (excludes halogenated alkanes) is 1. The first-order chi connectivity index (χ1) is 14.8. The number of fused-ring (bicyclic) bond motifs is 1. The topological polar surface area (TPSA) is 36.3 Å². The molecule has 0 radical (unpaired) electrons. The molecule has 4 rings (SSSR count). The van der Waals surface area contributed by atoms with Crippen molar-refractivity contribution in [2.24, 2.45) is 0 Å². The molecule has 0 aliphatic carbocycles. The van der Waals surface area contributed by atoms with E-state index in [1.807, 2.05) is 42.1 Å². The maximum Gasteiger partial charge on any atom is 0.161 e. The Bertz CT molecular complexity index is 1080. The number of ether oxygens (including phenoxy) is 2. The van der Waals surface area contributed by atoms with Crippen LogP contribution in [-0.2, 0) is 12.3 Å². The Balaban J connectivity index is 1.37. The van der Waals surface area contributed by atoms with E-state index in [0.717, 1.165) is 48.0 Å². The average molecular weight is 419 g/mol. The Morgan fingerprint density at radius 1 is 0.833 bits per heavy atom. The summed E-state index contributed by atoms with van der Waals surface area (Å²) in [6.45, 7) is 1.60. The van der Waals surface area contributed by atoms with Gasteiger partial charge in [0.15, 0.2) is 11.5 Å². The summed E-state index contributed by atoms with van der Waals surface area (Å²) < 4.78 is 13.6. The molecule has 1 aromatic heterocycles. The highest BCUT2D eigenvalue weighted by Crippen LogP contribution is 2.27. The van der Waals surface area contributed by atoms with Gasteiger partial charge >= 0.3 is 0 Å². The van der Waals surface area contributed by atoms with E-state index in [1.165, 1.54) is 10.4 Å². The first kappa shape index (κ1) is 20.4. The minimum absolute atomic E-state index is 0.668. The number of benzene rings is 3. The minimum Gasteiger partial charge on any atom is -0.493 e. The molecule has 0 fully saturated rings. The van der Waals surface area contributed by atoms with Gasteiger partial charge in [-0.15, -0.1) is 11.8 Å². The molecule has 0 saturated heterocycles. The van der Waals surface area contributed by atoms with Gasteiger partial charge in [0, 0.05) is 11.4 Å². The van der Waals surface area contributed by atoms with Gasteiger partial charge in [0.1, 0.15) is 5.82 Å². The molecule has 30 heavy (non-hydrogen) atoms. The molecule has 0 bridgehead atoms. The van der Waals surface area contributed by atoms with Crippen molar-refractivity contribution in [1.82, 2.24) is 9.55 Å². The zero-order chi connectivity index (χ0) is 20.6. The highest BCUT2D eigenvalue weighted by atomic mass is 32.2. The molecule has 3 aromatic carbocycles. The van der Waals surface area contributed by atoms with Gasteiger partial charge in [-0.2, -0.15) is 0 Å². The normalized spacial score (nSPS) is 11.0. The molecule has 0 unspecified atom stereocenters. The van der Waals surface area contributed by atoms with Crippen LogP contribution in [0.2, 0.25) is 0 Å². The quantitative estimate of drug-likeness (QED) is 0.227. The Hall–Kier alpha value is -2.92. The summed E-state index contributed by atoms with van der Waals surface area (Å²) in [6.07, 6.45) is 1.99. The lowest BCUT2D eigenvalue weighted by molar-refractivity contribution is 0.284. The molecule has 0 aliphatic rings. The first-order valence-electron chi connectivity index (χ1n) is 10.2. The maximum atomic E-state index is 5.92. The molecule has 4 nitrogen and oxygen atoms in total. The van der Waals surface area contributed by atoms with Crippen molar-refractivity contribution in [1.29, 1.82) is 0 Å². The standard InChI is InChI=1S/C25H26N2O2S/c1-28-23-15-7-8-16-24(23)29-18-10-9-17-27-22-14-6-5-13-21(22)26-25(27)19-30-20-11-3-2-4-12-20/h2-8,11-16H,9-10,17-19H2,1H3. The van der Waals surface area contributed by atoms with Crippen LogP contribution in [0.1, 0.15) is 18.7 Å². The predicted octanol–water partition coefficient (Wildman–Crippen LogP) is 6.20. The van der Waals surface area contributed by atoms with Crippen molar-refractivity contribution in [2.45, 2.75) is 30.0 Å². The van der Waals surface area contributed by atoms with Crippen molar-refractivity contribution < 1.29 is 9.47 Å². The van der Waals surface area contributed by atoms with E-state index in [9.17, 15) is 0 Å². The largest absolute Gasteiger partial charge is 0.493 e. The molecule has 1 heterocycles. The molecule has 0 N–H and O–H groups in total. The van der Waals surface area contributed by atoms with Crippen LogP contribution in [0, 0.1) is 0 Å². The van der Waals surface area contributed by atoms with E-state index < -0.39 is 0 Å². The Morgan fingerprint density at radius 2 is 1.57 bits per heavy atom. The number of aryl methyl sites for hydroxylation is 1. The highest BCUT2D eigenvalue weighted by molar-refractivity contribution is 7.98. The number of para-hydroxylation sites is 4. The fourth-order valence-corrected chi connectivity index (χ4v) is 4.31. The second kappa shape index (κ2) is 10.2. The van der Waals surface area contributed by atoms with Crippen LogP contribution < -0.4 is 9.47 Å². The number of nitrogens with zero attached hydrogens (tertiary/aromatic N) is 2. The summed E-state index contributed by atoms with van der Waals surface area (Å²) in [6, 6.07) is 26.7. The molecule has 0 aliphatic heterocycles. The Morgan fingerprint density at radius 3 is 2.40 bits per heavy atom. The minimum atomic E-state index is 0.668. The third-order valence-corrected chi connectivity index (χ3v) is 5.96. The van der Waals surface area contributed by atoms with Crippen LogP contribution >= 0.6 is 11.8 Å². The smallest absolute Gasteiger partial charge is 0.161 e. The molecule has 0 amide bonds. The second-order valence-electron chi connectivity index (χ2n) is 6.98. The molecule has 5 heteroatoms. The molecule has 0 atom stereocenters. The second-order valence-corrected chi connectivity index (χ2v) is 8.03. The molecule has 154 valence electrons. The Labute approximate surface area is 181 Å². The van der Waals surface area contributed by atoms with Gasteiger partial charge in [-0.05, 0) is 49.2 Å². The molecule has 4 aromatic rings. The van der Waals surface area contributed by atoms with Gasteiger partial charge in [0.2, 0.25) is 0 Å². The van der Waals surface area contributed by atoms with Crippen LogP contribution in [0.4, 0.5) is 0 Å². The third kappa shape index (κ3) is 4.97. The van der Waals surface area contributed by atoms with Gasteiger partial charge < -0.3 is 14.0 Å². The van der Waals surface area contributed by atoms with Crippen molar-refractivity contribution in [2.75, 3.05) is 13.7 Å². The van der Waals surface area contributed by atoms with Gasteiger partial charge in [0.05, 0.1) is 30.5 Å². The zero-order valence-corrected chi connectivity index (χ0v) is 18.0. The number of methoxy groups -OCH3 is 1. The summed E-state index contributed by atoms with van der Waals surface area (Å²) in [5, 5.41) is 0. The fourth-order valence-electron chi connectivity index (χ4n) is 3.44. The lowest BCUT2D eigenvalue weighted by Gasteiger charge is -2.12. The van der Waals surface area contributed by atoms with Gasteiger partial charge in [-0.25, -0.2) is 4.98 Å². The number of hydrogen-bond acceptors (Lipinski definition) is 4. The lowest BCUT2D eigenvalue weighted by Crippen LogP contribution is -2.06. The van der Waals surface area contributed by atoms with Crippen molar-refractivity contribution in [3.05, 3.63) is 84.7 Å². The van der Waals surface area contributed by atoms with Gasteiger partial charge in [-0.1, -0.05) is 42.5 Å².